The van der Waals surface area contributed by atoms with E-state index in [0.29, 0.717) is 17.7 Å². The summed E-state index contributed by atoms with van der Waals surface area (Å²) in [7, 11) is 0. The molecule has 0 spiro atoms. The highest BCUT2D eigenvalue weighted by molar-refractivity contribution is 5.95. The Labute approximate surface area is 99.0 Å². The van der Waals surface area contributed by atoms with Crippen LogP contribution in [0.3, 0.4) is 0 Å². The maximum atomic E-state index is 11.7. The average molecular weight is 240 g/mol. The fourth-order valence-electron chi connectivity index (χ4n) is 1.24. The van der Waals surface area contributed by atoms with Crippen molar-refractivity contribution in [1.82, 2.24) is 10.5 Å². The van der Waals surface area contributed by atoms with Gasteiger partial charge in [0, 0.05) is 6.54 Å². The summed E-state index contributed by atoms with van der Waals surface area (Å²) in [5.41, 5.74) is -0.630. The van der Waals surface area contributed by atoms with Gasteiger partial charge in [-0.3, -0.25) is 9.59 Å². The van der Waals surface area contributed by atoms with Gasteiger partial charge < -0.3 is 14.9 Å². The Morgan fingerprint density at radius 1 is 1.59 bits per heavy atom. The predicted molar refractivity (Wildman–Crippen MR) is 59.6 cm³/mol. The van der Waals surface area contributed by atoms with Crippen LogP contribution in [-0.2, 0) is 4.79 Å². The quantitative estimate of drug-likeness (QED) is 0.807. The van der Waals surface area contributed by atoms with Gasteiger partial charge in [-0.25, -0.2) is 0 Å². The molecule has 0 radical (unpaired) electrons. The maximum absolute atomic E-state index is 11.7. The first-order valence-electron chi connectivity index (χ1n) is 5.33. The molecule has 0 aromatic carbocycles. The Balaban J connectivity index is 2.66. The lowest BCUT2D eigenvalue weighted by Crippen LogP contribution is -2.40. The van der Waals surface area contributed by atoms with Crippen molar-refractivity contribution in [3.63, 3.8) is 0 Å². The van der Waals surface area contributed by atoms with E-state index in [1.165, 1.54) is 6.20 Å². The highest BCUT2D eigenvalue weighted by atomic mass is 16.5. The van der Waals surface area contributed by atoms with Crippen LogP contribution in [0.15, 0.2) is 10.7 Å². The lowest BCUT2D eigenvalue weighted by molar-refractivity contribution is -0.147. The number of nitrogens with zero attached hydrogens (tertiary/aromatic N) is 1. The third-order valence-corrected chi connectivity index (χ3v) is 2.93. The molecule has 6 heteroatoms. The van der Waals surface area contributed by atoms with Crippen LogP contribution in [0.25, 0.3) is 0 Å². The molecule has 1 aromatic rings. The lowest BCUT2D eigenvalue weighted by Gasteiger charge is -2.22. The Kier molecular flexibility index (Phi) is 3.88. The zero-order chi connectivity index (χ0) is 13.1. The molecule has 1 aromatic heterocycles. The minimum absolute atomic E-state index is 0.0717. The summed E-state index contributed by atoms with van der Waals surface area (Å²) in [6, 6.07) is 0. The summed E-state index contributed by atoms with van der Waals surface area (Å²) in [4.78, 5) is 22.7. The number of carbonyl (C=O) groups excluding carboxylic acids is 1. The minimum Gasteiger partial charge on any atom is -0.481 e. The number of carboxylic acid groups (broad SMARTS) is 1. The normalized spacial score (nSPS) is 14.1. The van der Waals surface area contributed by atoms with Gasteiger partial charge in [-0.05, 0) is 20.3 Å². The van der Waals surface area contributed by atoms with Gasteiger partial charge in [0.25, 0.3) is 5.91 Å². The maximum Gasteiger partial charge on any atom is 0.311 e. The van der Waals surface area contributed by atoms with Gasteiger partial charge in [0.2, 0.25) is 0 Å². The number of hydrogen-bond donors (Lipinski definition) is 2. The third kappa shape index (κ3) is 2.83. The van der Waals surface area contributed by atoms with Crippen molar-refractivity contribution < 1.29 is 19.2 Å². The number of hydrogen-bond acceptors (Lipinski definition) is 4. The lowest BCUT2D eigenvalue weighted by atomic mass is 9.87. The molecule has 0 aliphatic rings. The van der Waals surface area contributed by atoms with Gasteiger partial charge in [-0.15, -0.1) is 0 Å². The van der Waals surface area contributed by atoms with E-state index in [0.717, 1.165) is 0 Å². The van der Waals surface area contributed by atoms with Crippen LogP contribution in [0.5, 0.6) is 0 Å². The zero-order valence-electron chi connectivity index (χ0n) is 10.1. The molecule has 1 amide bonds. The van der Waals surface area contributed by atoms with Gasteiger partial charge in [0.15, 0.2) is 0 Å². The molecule has 0 aliphatic carbocycles. The van der Waals surface area contributed by atoms with Crippen molar-refractivity contribution in [2.75, 3.05) is 6.54 Å². The third-order valence-electron chi connectivity index (χ3n) is 2.93. The van der Waals surface area contributed by atoms with Crippen molar-refractivity contribution in [3.8, 4) is 0 Å². The SMILES string of the molecule is CCC(C)(CNC(=O)c1cnoc1C)C(=O)O. The topological polar surface area (TPSA) is 92.4 Å². The van der Waals surface area contributed by atoms with Crippen molar-refractivity contribution in [2.45, 2.75) is 27.2 Å². The summed E-state index contributed by atoms with van der Waals surface area (Å²) in [6.07, 6.45) is 1.75. The number of aryl methyl sites for hydroxylation is 1. The van der Waals surface area contributed by atoms with E-state index in [1.807, 2.05) is 0 Å². The molecule has 17 heavy (non-hydrogen) atoms. The monoisotopic (exact) mass is 240 g/mol. The molecule has 0 saturated heterocycles. The van der Waals surface area contributed by atoms with Gasteiger partial charge in [0.05, 0.1) is 11.6 Å². The highest BCUT2D eigenvalue weighted by Crippen LogP contribution is 2.20. The summed E-state index contributed by atoms with van der Waals surface area (Å²) >= 11 is 0. The molecule has 0 bridgehead atoms. The van der Waals surface area contributed by atoms with Crippen molar-refractivity contribution in [1.29, 1.82) is 0 Å². The molecule has 1 unspecified atom stereocenters. The van der Waals surface area contributed by atoms with Crippen LogP contribution in [0.1, 0.15) is 36.4 Å². The molecule has 0 fully saturated rings. The molecule has 0 aliphatic heterocycles. The molecule has 1 heterocycles. The van der Waals surface area contributed by atoms with E-state index in [4.69, 9.17) is 9.63 Å². The Morgan fingerprint density at radius 2 is 2.24 bits per heavy atom. The van der Waals surface area contributed by atoms with E-state index in [9.17, 15) is 9.59 Å². The van der Waals surface area contributed by atoms with Crippen LogP contribution in [0, 0.1) is 12.3 Å². The fourth-order valence-corrected chi connectivity index (χ4v) is 1.24. The van der Waals surface area contributed by atoms with Crippen molar-refractivity contribution in [3.05, 3.63) is 17.5 Å². The number of aromatic nitrogens is 1. The highest BCUT2D eigenvalue weighted by Gasteiger charge is 2.31. The largest absolute Gasteiger partial charge is 0.481 e. The van der Waals surface area contributed by atoms with Gasteiger partial charge in [-0.2, -0.15) is 0 Å². The summed E-state index contributed by atoms with van der Waals surface area (Å²) in [5, 5.41) is 15.1. The van der Waals surface area contributed by atoms with E-state index in [2.05, 4.69) is 10.5 Å². The molecular weight excluding hydrogens is 224 g/mol. The summed E-state index contributed by atoms with van der Waals surface area (Å²) in [6.45, 7) is 5.06. The molecule has 6 nitrogen and oxygen atoms in total. The molecule has 2 N–H and O–H groups in total. The van der Waals surface area contributed by atoms with Crippen molar-refractivity contribution in [2.24, 2.45) is 5.41 Å². The van der Waals surface area contributed by atoms with Gasteiger partial charge in [-0.1, -0.05) is 12.1 Å². The Morgan fingerprint density at radius 3 is 2.65 bits per heavy atom. The van der Waals surface area contributed by atoms with Crippen molar-refractivity contribution >= 4 is 11.9 Å². The molecule has 1 rings (SSSR count). The minimum atomic E-state index is -0.958. The molecular formula is C11H16N2O4. The molecule has 94 valence electrons. The first kappa shape index (κ1) is 13.2. The molecule has 0 saturated carbocycles. The van der Waals surface area contributed by atoms with Gasteiger partial charge >= 0.3 is 5.97 Å². The van der Waals surface area contributed by atoms with E-state index < -0.39 is 11.4 Å². The number of carboxylic acids is 1. The standard InChI is InChI=1S/C11H16N2O4/c1-4-11(3,10(15)16)6-12-9(14)8-5-13-17-7(8)2/h5H,4,6H2,1-3H3,(H,12,14)(H,15,16). The average Bonchev–Trinajstić information content (AvgIpc) is 2.71. The summed E-state index contributed by atoms with van der Waals surface area (Å²) < 4.78 is 4.76. The number of aliphatic carboxylic acids is 1. The number of nitrogens with one attached hydrogen (secondary N) is 1. The Bertz CT molecular complexity index is 427. The smallest absolute Gasteiger partial charge is 0.311 e. The van der Waals surface area contributed by atoms with Crippen LogP contribution in [0.4, 0.5) is 0 Å². The predicted octanol–water partition coefficient (Wildman–Crippen LogP) is 1.21. The van der Waals surface area contributed by atoms with Crippen LogP contribution in [-0.4, -0.2) is 28.7 Å². The summed E-state index contributed by atoms with van der Waals surface area (Å²) in [5.74, 6) is -0.886. The first-order chi connectivity index (χ1) is 7.90. The number of carbonyl (C=O) groups is 2. The van der Waals surface area contributed by atoms with E-state index in [1.54, 1.807) is 20.8 Å². The second-order valence-electron chi connectivity index (χ2n) is 4.20. The van der Waals surface area contributed by atoms with E-state index in [-0.39, 0.29) is 12.5 Å². The Hall–Kier alpha value is -1.85. The van der Waals surface area contributed by atoms with Gasteiger partial charge in [0.1, 0.15) is 11.3 Å². The zero-order valence-corrected chi connectivity index (χ0v) is 10.1. The number of amides is 1. The van der Waals surface area contributed by atoms with Crippen LogP contribution >= 0.6 is 0 Å². The fraction of sp³-hybridized carbons (Fsp3) is 0.545. The first-order valence-corrected chi connectivity index (χ1v) is 5.33. The second kappa shape index (κ2) is 4.99. The molecule has 1 atom stereocenters. The van der Waals surface area contributed by atoms with E-state index >= 15 is 0 Å². The second-order valence-corrected chi connectivity index (χ2v) is 4.20. The number of rotatable bonds is 5. The van der Waals surface area contributed by atoms with Crippen LogP contribution < -0.4 is 5.32 Å². The van der Waals surface area contributed by atoms with Crippen LogP contribution in [0.2, 0.25) is 0 Å².